The third kappa shape index (κ3) is 2.54. The highest BCUT2D eigenvalue weighted by Crippen LogP contribution is 2.27. The van der Waals surface area contributed by atoms with Crippen molar-refractivity contribution in [2.45, 2.75) is 37.8 Å². The molecular formula is C10H15BrN2S. The number of rotatable bonds is 2. The third-order valence-electron chi connectivity index (χ3n) is 2.69. The predicted molar refractivity (Wildman–Crippen MR) is 67.1 cm³/mol. The molecule has 2 nitrogen and oxygen atoms in total. The summed E-state index contributed by atoms with van der Waals surface area (Å²) in [5.74, 6) is 0.908. The molecule has 2 atom stereocenters. The van der Waals surface area contributed by atoms with Gasteiger partial charge >= 0.3 is 0 Å². The van der Waals surface area contributed by atoms with Crippen molar-refractivity contribution in [3.05, 3.63) is 11.1 Å². The molecule has 2 unspecified atom stereocenters. The Bertz CT molecular complexity index is 265. The standard InChI is InChI=1S/C10H15BrN2S/c1-7(11)6-14-10-12-8-4-2-3-5-9(8)13-10/h8-9H,1-6H2,(H,12,13). The van der Waals surface area contributed by atoms with Gasteiger partial charge in [0.15, 0.2) is 5.17 Å². The molecule has 0 amide bonds. The van der Waals surface area contributed by atoms with Crippen LogP contribution in [0.5, 0.6) is 0 Å². The first kappa shape index (κ1) is 10.6. The van der Waals surface area contributed by atoms with E-state index >= 15 is 0 Å². The van der Waals surface area contributed by atoms with Crippen molar-refractivity contribution in [1.82, 2.24) is 5.32 Å². The van der Waals surface area contributed by atoms with Crippen molar-refractivity contribution in [2.75, 3.05) is 5.75 Å². The molecule has 1 N–H and O–H groups in total. The largest absolute Gasteiger partial charge is 0.360 e. The van der Waals surface area contributed by atoms with Crippen LogP contribution in [-0.4, -0.2) is 23.0 Å². The molecule has 4 heteroatoms. The Hall–Kier alpha value is 0.0400. The zero-order chi connectivity index (χ0) is 9.97. The number of thioether (sulfide) groups is 1. The van der Waals surface area contributed by atoms with E-state index in [1.807, 2.05) is 0 Å². The molecular weight excluding hydrogens is 260 g/mol. The maximum Gasteiger partial charge on any atom is 0.157 e. The molecule has 1 fully saturated rings. The summed E-state index contributed by atoms with van der Waals surface area (Å²) in [6.07, 6.45) is 5.24. The van der Waals surface area contributed by atoms with E-state index in [1.165, 1.54) is 25.7 Å². The summed E-state index contributed by atoms with van der Waals surface area (Å²) >= 11 is 5.11. The number of aliphatic imine (C=N–C) groups is 1. The Balaban J connectivity index is 1.86. The summed E-state index contributed by atoms with van der Waals surface area (Å²) in [5, 5.41) is 4.61. The van der Waals surface area contributed by atoms with E-state index in [4.69, 9.17) is 0 Å². The van der Waals surface area contributed by atoms with Crippen molar-refractivity contribution in [3.63, 3.8) is 0 Å². The van der Waals surface area contributed by atoms with Gasteiger partial charge in [0.2, 0.25) is 0 Å². The molecule has 2 aliphatic rings. The van der Waals surface area contributed by atoms with Crippen molar-refractivity contribution in [1.29, 1.82) is 0 Å². The highest BCUT2D eigenvalue weighted by molar-refractivity contribution is 9.11. The summed E-state index contributed by atoms with van der Waals surface area (Å²) in [6.45, 7) is 3.82. The van der Waals surface area contributed by atoms with Gasteiger partial charge < -0.3 is 5.32 Å². The SMILES string of the molecule is C=C(Br)CSC1=NC2CCCCC2N1. The van der Waals surface area contributed by atoms with Crippen LogP contribution in [0.25, 0.3) is 0 Å². The smallest absolute Gasteiger partial charge is 0.157 e. The van der Waals surface area contributed by atoms with Crippen LogP contribution in [-0.2, 0) is 0 Å². The third-order valence-corrected chi connectivity index (χ3v) is 4.33. The topological polar surface area (TPSA) is 24.4 Å². The Labute approximate surface area is 97.8 Å². The van der Waals surface area contributed by atoms with Gasteiger partial charge in [-0.1, -0.05) is 47.1 Å². The number of fused-ring (bicyclic) bond motifs is 1. The minimum atomic E-state index is 0.551. The molecule has 2 rings (SSSR count). The molecule has 0 aromatic heterocycles. The van der Waals surface area contributed by atoms with E-state index in [2.05, 4.69) is 32.8 Å². The van der Waals surface area contributed by atoms with Gasteiger partial charge in [-0.05, 0) is 17.3 Å². The van der Waals surface area contributed by atoms with Crippen molar-refractivity contribution >= 4 is 32.9 Å². The van der Waals surface area contributed by atoms with Crippen LogP contribution in [0.15, 0.2) is 16.1 Å². The van der Waals surface area contributed by atoms with Crippen LogP contribution in [0.1, 0.15) is 25.7 Å². The number of halogens is 1. The van der Waals surface area contributed by atoms with E-state index < -0.39 is 0 Å². The summed E-state index contributed by atoms with van der Waals surface area (Å²) in [7, 11) is 0. The van der Waals surface area contributed by atoms with E-state index in [-0.39, 0.29) is 0 Å². The quantitative estimate of drug-likeness (QED) is 0.838. The van der Waals surface area contributed by atoms with Gasteiger partial charge in [-0.15, -0.1) is 0 Å². The van der Waals surface area contributed by atoms with Gasteiger partial charge in [0.1, 0.15) is 0 Å². The Morgan fingerprint density at radius 1 is 1.57 bits per heavy atom. The highest BCUT2D eigenvalue weighted by atomic mass is 79.9. The van der Waals surface area contributed by atoms with Gasteiger partial charge in [0.25, 0.3) is 0 Å². The lowest BCUT2D eigenvalue weighted by Crippen LogP contribution is -2.36. The minimum absolute atomic E-state index is 0.551. The highest BCUT2D eigenvalue weighted by Gasteiger charge is 2.30. The number of hydrogen-bond donors (Lipinski definition) is 1. The van der Waals surface area contributed by atoms with Crippen LogP contribution >= 0.6 is 27.7 Å². The fraction of sp³-hybridized carbons (Fsp3) is 0.700. The van der Waals surface area contributed by atoms with Crippen LogP contribution in [0.4, 0.5) is 0 Å². The van der Waals surface area contributed by atoms with Crippen LogP contribution in [0, 0.1) is 0 Å². The average Bonchev–Trinajstić information content (AvgIpc) is 2.57. The Morgan fingerprint density at radius 2 is 2.36 bits per heavy atom. The number of hydrogen-bond acceptors (Lipinski definition) is 3. The summed E-state index contributed by atoms with van der Waals surface area (Å²) in [6, 6.07) is 1.17. The second kappa shape index (κ2) is 4.71. The summed E-state index contributed by atoms with van der Waals surface area (Å²) < 4.78 is 1.03. The van der Waals surface area contributed by atoms with Crippen molar-refractivity contribution < 1.29 is 0 Å². The number of amidine groups is 1. The van der Waals surface area contributed by atoms with Gasteiger partial charge in [-0.2, -0.15) is 0 Å². The predicted octanol–water partition coefficient (Wildman–Crippen LogP) is 2.90. The molecule has 1 saturated carbocycles. The molecule has 0 aromatic rings. The molecule has 0 spiro atoms. The minimum Gasteiger partial charge on any atom is -0.360 e. The lowest BCUT2D eigenvalue weighted by molar-refractivity contribution is 0.385. The van der Waals surface area contributed by atoms with Gasteiger partial charge in [0.05, 0.1) is 12.1 Å². The lowest BCUT2D eigenvalue weighted by Gasteiger charge is -2.23. The Kier molecular flexibility index (Phi) is 3.55. The first-order valence-electron chi connectivity index (χ1n) is 5.06. The number of nitrogens with one attached hydrogen (secondary N) is 1. The van der Waals surface area contributed by atoms with E-state index in [9.17, 15) is 0 Å². The Morgan fingerprint density at radius 3 is 3.07 bits per heavy atom. The summed E-state index contributed by atoms with van der Waals surface area (Å²) in [4.78, 5) is 4.69. The molecule has 0 radical (unpaired) electrons. The van der Waals surface area contributed by atoms with Gasteiger partial charge in [-0.25, -0.2) is 0 Å². The second-order valence-electron chi connectivity index (χ2n) is 3.84. The first-order chi connectivity index (χ1) is 6.75. The molecule has 14 heavy (non-hydrogen) atoms. The fourth-order valence-corrected chi connectivity index (χ4v) is 3.09. The molecule has 1 heterocycles. The maximum atomic E-state index is 4.69. The molecule has 0 aromatic carbocycles. The van der Waals surface area contributed by atoms with Crippen LogP contribution in [0.2, 0.25) is 0 Å². The van der Waals surface area contributed by atoms with Crippen LogP contribution in [0.3, 0.4) is 0 Å². The fourth-order valence-electron chi connectivity index (χ4n) is 2.01. The maximum absolute atomic E-state index is 4.69. The number of nitrogens with zero attached hydrogens (tertiary/aromatic N) is 1. The van der Waals surface area contributed by atoms with Gasteiger partial charge in [-0.3, -0.25) is 4.99 Å². The van der Waals surface area contributed by atoms with E-state index in [0.29, 0.717) is 12.1 Å². The lowest BCUT2D eigenvalue weighted by atomic mass is 9.92. The molecule has 1 aliphatic heterocycles. The monoisotopic (exact) mass is 274 g/mol. The van der Waals surface area contributed by atoms with E-state index in [0.717, 1.165) is 15.4 Å². The van der Waals surface area contributed by atoms with Crippen molar-refractivity contribution in [3.8, 4) is 0 Å². The zero-order valence-electron chi connectivity index (χ0n) is 8.13. The molecule has 0 bridgehead atoms. The van der Waals surface area contributed by atoms with Gasteiger partial charge in [0, 0.05) is 5.75 Å². The molecule has 1 aliphatic carbocycles. The molecule has 78 valence electrons. The average molecular weight is 275 g/mol. The zero-order valence-corrected chi connectivity index (χ0v) is 10.5. The molecule has 0 saturated heterocycles. The van der Waals surface area contributed by atoms with Crippen LogP contribution < -0.4 is 5.32 Å². The van der Waals surface area contributed by atoms with Crippen molar-refractivity contribution in [2.24, 2.45) is 4.99 Å². The first-order valence-corrected chi connectivity index (χ1v) is 6.84. The summed E-state index contributed by atoms with van der Waals surface area (Å²) in [5.41, 5.74) is 0. The van der Waals surface area contributed by atoms with E-state index in [1.54, 1.807) is 11.8 Å². The normalized spacial score (nSPS) is 30.5. The second-order valence-corrected chi connectivity index (χ2v) is 5.93.